The smallest absolute Gasteiger partial charge is 0.243 e. The van der Waals surface area contributed by atoms with Crippen LogP contribution in [0.4, 0.5) is 0 Å². The molecule has 1 saturated heterocycles. The van der Waals surface area contributed by atoms with E-state index >= 15 is 0 Å². The molecule has 144 valence electrons. The van der Waals surface area contributed by atoms with Gasteiger partial charge in [-0.3, -0.25) is 4.79 Å². The monoisotopic (exact) mass is 381 g/mol. The molecule has 1 amide bonds. The summed E-state index contributed by atoms with van der Waals surface area (Å²) in [6, 6.07) is 4.62. The topological polar surface area (TPSA) is 92.9 Å². The number of carbonyl (C=O) groups excluding carboxylic acids is 1. The Morgan fingerprint density at radius 2 is 2.12 bits per heavy atom. The summed E-state index contributed by atoms with van der Waals surface area (Å²) < 4.78 is 32.9. The second kappa shape index (κ2) is 7.64. The van der Waals surface area contributed by atoms with Crippen LogP contribution in [0.2, 0.25) is 0 Å². The van der Waals surface area contributed by atoms with Crippen LogP contribution in [-0.2, 0) is 32.5 Å². The molecular formula is C18H27N3O4S. The molecule has 0 bridgehead atoms. The largest absolute Gasteiger partial charge is 0.383 e. The number of hydrogen-bond donors (Lipinski definition) is 1. The van der Waals surface area contributed by atoms with Gasteiger partial charge in [0.2, 0.25) is 15.9 Å². The van der Waals surface area contributed by atoms with E-state index in [9.17, 15) is 13.2 Å². The minimum absolute atomic E-state index is 0.0770. The maximum absolute atomic E-state index is 13.1. The van der Waals surface area contributed by atoms with E-state index in [1.165, 1.54) is 0 Å². The van der Waals surface area contributed by atoms with E-state index in [2.05, 4.69) is 0 Å². The average Bonchev–Trinajstić information content (AvgIpc) is 3.09. The van der Waals surface area contributed by atoms with E-state index in [4.69, 9.17) is 10.5 Å². The second-order valence-electron chi connectivity index (χ2n) is 7.10. The predicted molar refractivity (Wildman–Crippen MR) is 98.0 cm³/mol. The third kappa shape index (κ3) is 3.64. The van der Waals surface area contributed by atoms with Crippen molar-refractivity contribution in [3.63, 3.8) is 0 Å². The highest BCUT2D eigenvalue weighted by Gasteiger charge is 2.35. The first-order valence-electron chi connectivity index (χ1n) is 9.01. The zero-order chi connectivity index (χ0) is 18.9. The molecule has 8 heteroatoms. The van der Waals surface area contributed by atoms with Gasteiger partial charge in [0.1, 0.15) is 0 Å². The molecular weight excluding hydrogens is 354 g/mol. The van der Waals surface area contributed by atoms with Crippen LogP contribution >= 0.6 is 0 Å². The Kier molecular flexibility index (Phi) is 5.67. The fourth-order valence-corrected chi connectivity index (χ4v) is 5.52. The van der Waals surface area contributed by atoms with Gasteiger partial charge >= 0.3 is 0 Å². The zero-order valence-corrected chi connectivity index (χ0v) is 16.2. The number of nitrogens with zero attached hydrogens (tertiary/aromatic N) is 2. The molecule has 2 atom stereocenters. The lowest BCUT2D eigenvalue weighted by Crippen LogP contribution is -2.44. The summed E-state index contributed by atoms with van der Waals surface area (Å²) in [5.41, 5.74) is 7.66. The lowest BCUT2D eigenvalue weighted by atomic mass is 9.99. The number of benzene rings is 1. The van der Waals surface area contributed by atoms with Crippen LogP contribution in [0.15, 0.2) is 23.1 Å². The van der Waals surface area contributed by atoms with Crippen LogP contribution < -0.4 is 5.73 Å². The van der Waals surface area contributed by atoms with Gasteiger partial charge in [0, 0.05) is 32.8 Å². The molecule has 1 fully saturated rings. The molecule has 1 aromatic rings. The normalized spacial score (nSPS) is 22.3. The van der Waals surface area contributed by atoms with E-state index in [-0.39, 0.29) is 11.9 Å². The lowest BCUT2D eigenvalue weighted by Gasteiger charge is -2.31. The Morgan fingerprint density at radius 3 is 2.81 bits per heavy atom. The van der Waals surface area contributed by atoms with Gasteiger partial charge in [0.15, 0.2) is 0 Å². The van der Waals surface area contributed by atoms with Gasteiger partial charge < -0.3 is 15.4 Å². The molecule has 0 radical (unpaired) electrons. The minimum Gasteiger partial charge on any atom is -0.383 e. The summed E-state index contributed by atoms with van der Waals surface area (Å²) in [5, 5.41) is 0. The van der Waals surface area contributed by atoms with Crippen LogP contribution in [0.25, 0.3) is 0 Å². The van der Waals surface area contributed by atoms with Crippen molar-refractivity contribution in [2.45, 2.75) is 49.7 Å². The van der Waals surface area contributed by atoms with Crippen LogP contribution in [0.1, 0.15) is 30.9 Å². The number of fused-ring (bicyclic) bond motifs is 1. The molecule has 0 aromatic heterocycles. The quantitative estimate of drug-likeness (QED) is 0.811. The first-order valence-corrected chi connectivity index (χ1v) is 10.5. The fraction of sp³-hybridized carbons (Fsp3) is 0.611. The van der Waals surface area contributed by atoms with Crippen molar-refractivity contribution in [2.24, 2.45) is 5.73 Å². The Bertz CT molecular complexity index is 779. The Labute approximate surface area is 155 Å². The number of methoxy groups -OCH3 is 1. The van der Waals surface area contributed by atoms with Crippen LogP contribution in [0, 0.1) is 0 Å². The van der Waals surface area contributed by atoms with Crippen LogP contribution in [0.5, 0.6) is 0 Å². The van der Waals surface area contributed by atoms with E-state index in [1.807, 2.05) is 6.07 Å². The highest BCUT2D eigenvalue weighted by molar-refractivity contribution is 7.89. The third-order valence-electron chi connectivity index (χ3n) is 5.18. The van der Waals surface area contributed by atoms with Gasteiger partial charge in [-0.25, -0.2) is 8.42 Å². The van der Waals surface area contributed by atoms with Crippen molar-refractivity contribution in [1.82, 2.24) is 9.21 Å². The van der Waals surface area contributed by atoms with Gasteiger partial charge in [0.25, 0.3) is 0 Å². The highest BCUT2D eigenvalue weighted by Crippen LogP contribution is 2.29. The molecule has 3 rings (SSSR count). The predicted octanol–water partition coefficient (Wildman–Crippen LogP) is 0.718. The van der Waals surface area contributed by atoms with Crippen molar-refractivity contribution in [1.29, 1.82) is 0 Å². The second-order valence-corrected chi connectivity index (χ2v) is 8.99. The number of ether oxygens (including phenoxy) is 1. The Balaban J connectivity index is 1.82. The molecule has 2 aliphatic rings. The Morgan fingerprint density at radius 1 is 1.35 bits per heavy atom. The van der Waals surface area contributed by atoms with Crippen molar-refractivity contribution < 1.29 is 17.9 Å². The van der Waals surface area contributed by atoms with Crippen LogP contribution in [0.3, 0.4) is 0 Å². The highest BCUT2D eigenvalue weighted by atomic mass is 32.2. The molecule has 26 heavy (non-hydrogen) atoms. The first-order chi connectivity index (χ1) is 12.3. The number of carbonyl (C=O) groups is 1. The number of nitrogens with two attached hydrogens (primary N) is 1. The summed E-state index contributed by atoms with van der Waals surface area (Å²) in [6.07, 6.45) is 2.32. The summed E-state index contributed by atoms with van der Waals surface area (Å²) in [6.45, 7) is 3.67. The molecule has 0 saturated carbocycles. The van der Waals surface area contributed by atoms with E-state index < -0.39 is 16.1 Å². The van der Waals surface area contributed by atoms with Gasteiger partial charge in [-0.2, -0.15) is 4.31 Å². The zero-order valence-electron chi connectivity index (χ0n) is 15.3. The summed E-state index contributed by atoms with van der Waals surface area (Å²) >= 11 is 0. The number of hydrogen-bond acceptors (Lipinski definition) is 5. The first kappa shape index (κ1) is 19.3. The summed E-state index contributed by atoms with van der Waals surface area (Å²) in [4.78, 5) is 14.1. The van der Waals surface area contributed by atoms with Crippen LogP contribution in [-0.4, -0.2) is 62.4 Å². The van der Waals surface area contributed by atoms with Crippen molar-refractivity contribution in [2.75, 3.05) is 26.8 Å². The summed E-state index contributed by atoms with van der Waals surface area (Å²) in [7, 11) is -1.94. The van der Waals surface area contributed by atoms with E-state index in [1.54, 1.807) is 35.4 Å². The Hall–Kier alpha value is -1.48. The molecule has 1 aromatic carbocycles. The maximum Gasteiger partial charge on any atom is 0.243 e. The molecule has 0 aliphatic carbocycles. The molecule has 0 spiro atoms. The standard InChI is InChI=1S/C18H27N3O4S/c1-13(19)18(22)20-9-7-14-10-17(6-5-15(14)11-20)26(23,24)21-8-3-4-16(21)12-25-2/h5-6,10,13,16H,3-4,7-9,11-12,19H2,1-2H3/t13-,16+/m0/s1. The van der Waals surface area contributed by atoms with E-state index in [0.29, 0.717) is 37.6 Å². The molecule has 2 heterocycles. The third-order valence-corrected chi connectivity index (χ3v) is 7.13. The van der Waals surface area contributed by atoms with Gasteiger partial charge in [-0.15, -0.1) is 0 Å². The van der Waals surface area contributed by atoms with Gasteiger partial charge in [-0.05, 0) is 49.4 Å². The van der Waals surface area contributed by atoms with Crippen molar-refractivity contribution in [3.8, 4) is 0 Å². The molecule has 0 unspecified atom stereocenters. The number of sulfonamides is 1. The number of rotatable bonds is 5. The average molecular weight is 381 g/mol. The lowest BCUT2D eigenvalue weighted by molar-refractivity contribution is -0.133. The fourth-order valence-electron chi connectivity index (χ4n) is 3.79. The SMILES string of the molecule is COC[C@H]1CCCN1S(=O)(=O)c1ccc2c(c1)CCN(C(=O)[C@H](C)N)C2. The maximum atomic E-state index is 13.1. The summed E-state index contributed by atoms with van der Waals surface area (Å²) in [5.74, 6) is -0.0770. The number of amides is 1. The van der Waals surface area contributed by atoms with E-state index in [0.717, 1.165) is 24.0 Å². The van der Waals surface area contributed by atoms with Crippen molar-refractivity contribution >= 4 is 15.9 Å². The molecule has 7 nitrogen and oxygen atoms in total. The van der Waals surface area contributed by atoms with Gasteiger partial charge in [-0.1, -0.05) is 6.07 Å². The van der Waals surface area contributed by atoms with Crippen molar-refractivity contribution in [3.05, 3.63) is 29.3 Å². The minimum atomic E-state index is -3.53. The molecule has 2 N–H and O–H groups in total. The van der Waals surface area contributed by atoms with Gasteiger partial charge in [0.05, 0.1) is 17.5 Å². The molecule has 2 aliphatic heterocycles.